The monoisotopic (exact) mass is 650 g/mol. The zero-order valence-electron chi connectivity index (χ0n) is 23.8. The Morgan fingerprint density at radius 2 is 0.830 bits per heavy atom. The van der Waals surface area contributed by atoms with Crippen LogP contribution < -0.4 is 0 Å². The average molecular weight is 651 g/mol. The molecular formula is C31H22O16. The summed E-state index contributed by atoms with van der Waals surface area (Å²) in [4.78, 5) is 65.2. The van der Waals surface area contributed by atoms with Crippen LogP contribution in [0.5, 0.6) is 0 Å². The number of rotatable bonds is 11. The number of carbonyl (C=O) groups excluding carboxylic acids is 5. The van der Waals surface area contributed by atoms with Gasteiger partial charge >= 0.3 is 29.8 Å². The Hall–Kier alpha value is -6.29. The highest BCUT2D eigenvalue weighted by Gasteiger charge is 2.55. The third kappa shape index (κ3) is 7.02. The summed E-state index contributed by atoms with van der Waals surface area (Å²) in [6.45, 7) is -0.682. The third-order valence-corrected chi connectivity index (χ3v) is 6.53. The van der Waals surface area contributed by atoms with E-state index < -0.39 is 67.2 Å². The van der Waals surface area contributed by atoms with Crippen molar-refractivity contribution >= 4 is 29.8 Å². The Morgan fingerprint density at radius 1 is 0.468 bits per heavy atom. The standard InChI is InChI=1S/C31H22O16/c32-26(17-6-1-11-37-17)42-16-22-23(44-27(33)18-7-2-12-38-18)24(45-28(34)19-8-3-13-39-19)25(46-29(35)20-9-4-14-40-20)31(43-22)47-30(36)21-10-5-15-41-21/h1-15,22-25,31H,16H2/t22-,23-,24+,25-,31-/m0/s1. The maximum atomic E-state index is 13.2. The molecule has 0 amide bonds. The minimum absolute atomic E-state index is 0.170. The molecule has 1 aliphatic heterocycles. The van der Waals surface area contributed by atoms with Crippen molar-refractivity contribution in [3.8, 4) is 0 Å². The van der Waals surface area contributed by atoms with Crippen LogP contribution in [-0.4, -0.2) is 67.2 Å². The lowest BCUT2D eigenvalue weighted by molar-refractivity contribution is -0.283. The Kier molecular flexibility index (Phi) is 9.01. The number of ether oxygens (including phenoxy) is 6. The highest BCUT2D eigenvalue weighted by atomic mass is 16.8. The molecule has 0 aliphatic carbocycles. The minimum atomic E-state index is -1.88. The van der Waals surface area contributed by atoms with Crippen molar-refractivity contribution in [1.29, 1.82) is 0 Å². The lowest BCUT2D eigenvalue weighted by Gasteiger charge is -2.43. The molecule has 0 aromatic carbocycles. The van der Waals surface area contributed by atoms with E-state index in [2.05, 4.69) is 0 Å². The Labute approximate surface area is 262 Å². The van der Waals surface area contributed by atoms with E-state index >= 15 is 0 Å². The van der Waals surface area contributed by atoms with Crippen molar-refractivity contribution in [2.24, 2.45) is 0 Å². The Morgan fingerprint density at radius 3 is 1.23 bits per heavy atom. The van der Waals surface area contributed by atoms with E-state index in [1.807, 2.05) is 0 Å². The molecule has 0 radical (unpaired) electrons. The first-order valence-corrected chi connectivity index (χ1v) is 13.7. The van der Waals surface area contributed by atoms with E-state index in [4.69, 9.17) is 50.5 Å². The maximum absolute atomic E-state index is 13.2. The van der Waals surface area contributed by atoms with Crippen LogP contribution in [0, 0.1) is 0 Å². The molecule has 0 unspecified atom stereocenters. The molecule has 6 heterocycles. The smallest absolute Gasteiger partial charge is 0.376 e. The molecule has 0 bridgehead atoms. The first-order valence-electron chi connectivity index (χ1n) is 13.7. The molecule has 5 atom stereocenters. The Bertz CT molecular complexity index is 1770. The van der Waals surface area contributed by atoms with Gasteiger partial charge in [0.15, 0.2) is 12.2 Å². The highest BCUT2D eigenvalue weighted by molar-refractivity contribution is 5.89. The van der Waals surface area contributed by atoms with Crippen LogP contribution in [0.15, 0.2) is 114 Å². The van der Waals surface area contributed by atoms with Crippen LogP contribution in [0.2, 0.25) is 0 Å². The first-order chi connectivity index (χ1) is 22.9. The zero-order valence-corrected chi connectivity index (χ0v) is 23.8. The highest BCUT2D eigenvalue weighted by Crippen LogP contribution is 2.32. The minimum Gasteiger partial charge on any atom is -0.457 e. The normalized spacial score (nSPS) is 20.6. The largest absolute Gasteiger partial charge is 0.457 e. The molecule has 47 heavy (non-hydrogen) atoms. The molecule has 242 valence electrons. The summed E-state index contributed by atoms with van der Waals surface area (Å²) in [7, 11) is 0. The number of esters is 5. The summed E-state index contributed by atoms with van der Waals surface area (Å²) in [6.07, 6.45) is -2.69. The third-order valence-electron chi connectivity index (χ3n) is 6.53. The predicted octanol–water partition coefficient (Wildman–Crippen LogP) is 4.07. The number of furan rings is 5. The molecule has 1 fully saturated rings. The molecule has 5 aromatic heterocycles. The van der Waals surface area contributed by atoms with Crippen LogP contribution in [0.1, 0.15) is 52.8 Å². The van der Waals surface area contributed by atoms with Crippen molar-refractivity contribution < 1.29 is 74.5 Å². The van der Waals surface area contributed by atoms with Crippen molar-refractivity contribution in [3.63, 3.8) is 0 Å². The molecule has 6 rings (SSSR count). The van der Waals surface area contributed by atoms with Gasteiger partial charge in [0.1, 0.15) is 12.7 Å². The van der Waals surface area contributed by atoms with E-state index in [1.165, 1.54) is 92.0 Å². The molecule has 0 spiro atoms. The van der Waals surface area contributed by atoms with Crippen LogP contribution in [0.3, 0.4) is 0 Å². The van der Waals surface area contributed by atoms with Crippen molar-refractivity contribution in [2.75, 3.05) is 6.61 Å². The van der Waals surface area contributed by atoms with Crippen molar-refractivity contribution in [2.45, 2.75) is 30.7 Å². The molecule has 5 aromatic rings. The van der Waals surface area contributed by atoms with Crippen molar-refractivity contribution in [3.05, 3.63) is 121 Å². The van der Waals surface area contributed by atoms with Gasteiger partial charge in [-0.3, -0.25) is 0 Å². The summed E-state index contributed by atoms with van der Waals surface area (Å²) in [5, 5.41) is 0. The second-order valence-corrected chi connectivity index (χ2v) is 9.54. The summed E-state index contributed by atoms with van der Waals surface area (Å²) in [5.41, 5.74) is 0. The van der Waals surface area contributed by atoms with Gasteiger partial charge in [-0.05, 0) is 60.7 Å². The van der Waals surface area contributed by atoms with Gasteiger partial charge < -0.3 is 50.5 Å². The summed E-state index contributed by atoms with van der Waals surface area (Å²) < 4.78 is 59.4. The SMILES string of the molecule is O=C(OC[C@@H]1O[C@@H](OC(=O)c2ccco2)[C@@H](OC(=O)c2ccco2)[C@H](OC(=O)c2ccco2)[C@H]1OC(=O)c1ccco1)c1ccco1. The lowest BCUT2D eigenvalue weighted by Crippen LogP contribution is -2.63. The van der Waals surface area contributed by atoms with E-state index in [0.29, 0.717) is 0 Å². The molecule has 16 heteroatoms. The van der Waals surface area contributed by atoms with Gasteiger partial charge in [0, 0.05) is 0 Å². The topological polar surface area (TPSA) is 206 Å². The molecular weight excluding hydrogens is 628 g/mol. The Balaban J connectivity index is 1.38. The van der Waals surface area contributed by atoms with E-state index in [1.54, 1.807) is 0 Å². The molecule has 16 nitrogen and oxygen atoms in total. The second-order valence-electron chi connectivity index (χ2n) is 9.54. The number of hydrogen-bond acceptors (Lipinski definition) is 16. The average Bonchev–Trinajstić information content (AvgIpc) is 3.92. The van der Waals surface area contributed by atoms with E-state index in [9.17, 15) is 24.0 Å². The molecule has 0 N–H and O–H groups in total. The van der Waals surface area contributed by atoms with Gasteiger partial charge in [-0.1, -0.05) is 0 Å². The van der Waals surface area contributed by atoms with Gasteiger partial charge in [0.2, 0.25) is 41.2 Å². The summed E-state index contributed by atoms with van der Waals surface area (Å²) in [6, 6.07) is 13.6. The van der Waals surface area contributed by atoms with Crippen LogP contribution >= 0.6 is 0 Å². The van der Waals surface area contributed by atoms with Crippen molar-refractivity contribution in [1.82, 2.24) is 0 Å². The fourth-order valence-electron chi connectivity index (χ4n) is 4.42. The predicted molar refractivity (Wildman–Crippen MR) is 146 cm³/mol. The fourth-order valence-corrected chi connectivity index (χ4v) is 4.42. The summed E-state index contributed by atoms with van der Waals surface area (Å²) >= 11 is 0. The molecule has 1 aliphatic rings. The van der Waals surface area contributed by atoms with Gasteiger partial charge in [-0.2, -0.15) is 0 Å². The van der Waals surface area contributed by atoms with Gasteiger partial charge in [-0.15, -0.1) is 0 Å². The maximum Gasteiger partial charge on any atom is 0.376 e. The van der Waals surface area contributed by atoms with Crippen LogP contribution in [0.4, 0.5) is 0 Å². The van der Waals surface area contributed by atoms with Crippen LogP contribution in [-0.2, 0) is 28.4 Å². The van der Waals surface area contributed by atoms with Crippen LogP contribution in [0.25, 0.3) is 0 Å². The first kappa shape index (κ1) is 30.7. The molecule has 1 saturated heterocycles. The molecule has 0 saturated carbocycles. The van der Waals surface area contributed by atoms with E-state index in [-0.39, 0.29) is 28.8 Å². The number of hydrogen-bond donors (Lipinski definition) is 0. The quantitative estimate of drug-likeness (QED) is 0.146. The number of carbonyl (C=O) groups is 5. The zero-order chi connectivity index (χ0) is 32.8. The fraction of sp³-hybridized carbons (Fsp3) is 0.194. The van der Waals surface area contributed by atoms with Gasteiger partial charge in [0.05, 0.1) is 31.3 Å². The lowest BCUT2D eigenvalue weighted by atomic mass is 9.98. The second kappa shape index (κ2) is 13.8. The van der Waals surface area contributed by atoms with Gasteiger partial charge in [-0.25, -0.2) is 24.0 Å². The van der Waals surface area contributed by atoms with Gasteiger partial charge in [0.25, 0.3) is 0 Å². The summed E-state index contributed by atoms with van der Waals surface area (Å²) in [5.74, 6) is -6.53. The van der Waals surface area contributed by atoms with E-state index in [0.717, 1.165) is 0 Å².